The molecule has 5 nitrogen and oxygen atoms in total. The molecule has 1 saturated heterocycles. The van der Waals surface area contributed by atoms with E-state index in [9.17, 15) is 4.79 Å². The lowest BCUT2D eigenvalue weighted by molar-refractivity contribution is -0.117. The van der Waals surface area contributed by atoms with E-state index in [0.29, 0.717) is 32.8 Å². The molecule has 0 aromatic heterocycles. The van der Waals surface area contributed by atoms with Crippen molar-refractivity contribution in [1.29, 1.82) is 0 Å². The molecule has 0 saturated carbocycles. The number of benzene rings is 1. The van der Waals surface area contributed by atoms with E-state index in [2.05, 4.69) is 0 Å². The van der Waals surface area contributed by atoms with E-state index >= 15 is 0 Å². The van der Waals surface area contributed by atoms with Crippen LogP contribution in [0.15, 0.2) is 24.3 Å². The van der Waals surface area contributed by atoms with Crippen molar-refractivity contribution in [2.24, 2.45) is 5.73 Å². The molecule has 1 aliphatic rings. The van der Waals surface area contributed by atoms with Crippen LogP contribution in [0.1, 0.15) is 13.3 Å². The van der Waals surface area contributed by atoms with Crippen molar-refractivity contribution in [2.75, 3.05) is 31.3 Å². The average molecular weight is 264 g/mol. The van der Waals surface area contributed by atoms with Crippen molar-refractivity contribution in [3.05, 3.63) is 24.3 Å². The number of ether oxygens (including phenoxy) is 2. The normalized spacial score (nSPS) is 18.9. The Balaban J connectivity index is 1.97. The molecule has 1 heterocycles. The minimum Gasteiger partial charge on any atom is -0.491 e. The number of hydrogen-bond acceptors (Lipinski definition) is 4. The van der Waals surface area contributed by atoms with Crippen LogP contribution in [-0.2, 0) is 9.53 Å². The van der Waals surface area contributed by atoms with Gasteiger partial charge in [0.2, 0.25) is 5.91 Å². The molecule has 5 heteroatoms. The molecule has 1 aliphatic heterocycles. The first-order valence-corrected chi connectivity index (χ1v) is 6.57. The maximum atomic E-state index is 11.8. The third-order valence-corrected chi connectivity index (χ3v) is 2.98. The van der Waals surface area contributed by atoms with Crippen LogP contribution in [0, 0.1) is 0 Å². The minimum absolute atomic E-state index is 0.0685. The van der Waals surface area contributed by atoms with Crippen molar-refractivity contribution in [1.82, 2.24) is 0 Å². The Hall–Kier alpha value is -1.59. The predicted octanol–water partition coefficient (Wildman–Crippen LogP) is 1.17. The van der Waals surface area contributed by atoms with Crippen LogP contribution >= 0.6 is 0 Å². The van der Waals surface area contributed by atoms with E-state index in [1.54, 1.807) is 4.90 Å². The van der Waals surface area contributed by atoms with Crippen LogP contribution in [0.2, 0.25) is 0 Å². The number of nitrogens with two attached hydrogens (primary N) is 1. The first-order valence-electron chi connectivity index (χ1n) is 6.57. The van der Waals surface area contributed by atoms with Crippen LogP contribution in [0.5, 0.6) is 5.75 Å². The van der Waals surface area contributed by atoms with E-state index in [0.717, 1.165) is 11.4 Å². The smallest absolute Gasteiger partial charge is 0.228 e. The fraction of sp³-hybridized carbons (Fsp3) is 0.500. The Morgan fingerprint density at radius 1 is 1.42 bits per heavy atom. The molecule has 0 aliphatic carbocycles. The van der Waals surface area contributed by atoms with Gasteiger partial charge in [0.1, 0.15) is 12.4 Å². The molecular weight excluding hydrogens is 244 g/mol. The maximum Gasteiger partial charge on any atom is 0.228 e. The first kappa shape index (κ1) is 13.8. The van der Waals surface area contributed by atoms with Gasteiger partial charge in [-0.2, -0.15) is 0 Å². The van der Waals surface area contributed by atoms with Gasteiger partial charge in [-0.3, -0.25) is 4.79 Å². The SMILES string of the molecule is CCOCCOc1cccc(N2CC(N)CC2=O)c1. The van der Waals surface area contributed by atoms with Gasteiger partial charge in [0, 0.05) is 37.4 Å². The second kappa shape index (κ2) is 6.54. The number of anilines is 1. The summed E-state index contributed by atoms with van der Waals surface area (Å²) < 4.78 is 10.8. The zero-order valence-corrected chi connectivity index (χ0v) is 11.2. The molecule has 0 bridgehead atoms. The second-order valence-corrected chi connectivity index (χ2v) is 4.51. The average Bonchev–Trinajstić information content (AvgIpc) is 2.74. The van der Waals surface area contributed by atoms with E-state index < -0.39 is 0 Å². The first-order chi connectivity index (χ1) is 9.20. The summed E-state index contributed by atoms with van der Waals surface area (Å²) in [7, 11) is 0. The van der Waals surface area contributed by atoms with E-state index in [1.807, 2.05) is 31.2 Å². The minimum atomic E-state index is -0.0740. The summed E-state index contributed by atoms with van der Waals surface area (Å²) in [6.45, 7) is 4.27. The lowest BCUT2D eigenvalue weighted by Gasteiger charge is -2.17. The molecule has 1 aromatic carbocycles. The van der Waals surface area contributed by atoms with E-state index in [-0.39, 0.29) is 11.9 Å². The summed E-state index contributed by atoms with van der Waals surface area (Å²) >= 11 is 0. The summed E-state index contributed by atoms with van der Waals surface area (Å²) in [4.78, 5) is 13.5. The van der Waals surface area contributed by atoms with Gasteiger partial charge >= 0.3 is 0 Å². The van der Waals surface area contributed by atoms with Crippen LogP contribution in [0.25, 0.3) is 0 Å². The summed E-state index contributed by atoms with van der Waals surface area (Å²) in [5.74, 6) is 0.810. The number of carbonyl (C=O) groups is 1. The monoisotopic (exact) mass is 264 g/mol. The molecule has 2 N–H and O–H groups in total. The van der Waals surface area contributed by atoms with Crippen LogP contribution in [0.4, 0.5) is 5.69 Å². The van der Waals surface area contributed by atoms with Gasteiger partial charge in [0.25, 0.3) is 0 Å². The molecule has 2 rings (SSSR count). The number of nitrogens with zero attached hydrogens (tertiary/aromatic N) is 1. The van der Waals surface area contributed by atoms with E-state index in [1.165, 1.54) is 0 Å². The van der Waals surface area contributed by atoms with Gasteiger partial charge in [0.05, 0.1) is 6.61 Å². The van der Waals surface area contributed by atoms with Crippen LogP contribution in [-0.4, -0.2) is 38.3 Å². The van der Waals surface area contributed by atoms with Crippen LogP contribution < -0.4 is 15.4 Å². The zero-order valence-electron chi connectivity index (χ0n) is 11.2. The fourth-order valence-electron chi connectivity index (χ4n) is 2.09. The van der Waals surface area contributed by atoms with Crippen molar-refractivity contribution < 1.29 is 14.3 Å². The molecule has 0 radical (unpaired) electrons. The second-order valence-electron chi connectivity index (χ2n) is 4.51. The Morgan fingerprint density at radius 2 is 2.26 bits per heavy atom. The van der Waals surface area contributed by atoms with Gasteiger partial charge in [-0.25, -0.2) is 0 Å². The van der Waals surface area contributed by atoms with Gasteiger partial charge in [0.15, 0.2) is 0 Å². The van der Waals surface area contributed by atoms with Crippen molar-refractivity contribution in [3.63, 3.8) is 0 Å². The van der Waals surface area contributed by atoms with Crippen molar-refractivity contribution >= 4 is 11.6 Å². The fourth-order valence-corrected chi connectivity index (χ4v) is 2.09. The third-order valence-electron chi connectivity index (χ3n) is 2.98. The summed E-state index contributed by atoms with van der Waals surface area (Å²) in [5.41, 5.74) is 6.63. The molecule has 1 amide bonds. The Bertz CT molecular complexity index is 436. The zero-order chi connectivity index (χ0) is 13.7. The summed E-state index contributed by atoms with van der Waals surface area (Å²) in [6, 6.07) is 7.43. The van der Waals surface area contributed by atoms with Gasteiger partial charge in [-0.05, 0) is 19.1 Å². The molecule has 104 valence electrons. The number of hydrogen-bond donors (Lipinski definition) is 1. The topological polar surface area (TPSA) is 64.8 Å². The highest BCUT2D eigenvalue weighted by Crippen LogP contribution is 2.25. The Kier molecular flexibility index (Phi) is 4.76. The third kappa shape index (κ3) is 3.68. The predicted molar refractivity (Wildman–Crippen MR) is 73.4 cm³/mol. The van der Waals surface area contributed by atoms with Gasteiger partial charge in [-0.1, -0.05) is 6.07 Å². The van der Waals surface area contributed by atoms with Gasteiger partial charge < -0.3 is 20.1 Å². The molecule has 1 atom stereocenters. The lowest BCUT2D eigenvalue weighted by atomic mass is 10.3. The largest absolute Gasteiger partial charge is 0.491 e. The molecule has 19 heavy (non-hydrogen) atoms. The number of rotatable bonds is 6. The van der Waals surface area contributed by atoms with Gasteiger partial charge in [-0.15, -0.1) is 0 Å². The Morgan fingerprint density at radius 3 is 2.95 bits per heavy atom. The highest BCUT2D eigenvalue weighted by molar-refractivity contribution is 5.96. The quantitative estimate of drug-likeness (QED) is 0.783. The van der Waals surface area contributed by atoms with Crippen molar-refractivity contribution in [2.45, 2.75) is 19.4 Å². The van der Waals surface area contributed by atoms with Crippen molar-refractivity contribution in [3.8, 4) is 5.75 Å². The summed E-state index contributed by atoms with van der Waals surface area (Å²) in [5, 5.41) is 0. The standard InChI is InChI=1S/C14H20N2O3/c1-2-18-6-7-19-13-5-3-4-12(9-13)16-10-11(15)8-14(16)17/h3-5,9,11H,2,6-8,10,15H2,1H3. The lowest BCUT2D eigenvalue weighted by Crippen LogP contribution is -2.27. The molecule has 1 unspecified atom stereocenters. The molecule has 0 spiro atoms. The highest BCUT2D eigenvalue weighted by atomic mass is 16.5. The molecule has 1 fully saturated rings. The summed E-state index contributed by atoms with van der Waals surface area (Å²) in [6.07, 6.45) is 0.412. The maximum absolute atomic E-state index is 11.8. The Labute approximate surface area is 113 Å². The van der Waals surface area contributed by atoms with Crippen LogP contribution in [0.3, 0.4) is 0 Å². The molecule has 1 aromatic rings. The highest BCUT2D eigenvalue weighted by Gasteiger charge is 2.28. The number of carbonyl (C=O) groups excluding carboxylic acids is 1. The molecular formula is C14H20N2O3. The number of amides is 1. The van der Waals surface area contributed by atoms with E-state index in [4.69, 9.17) is 15.2 Å².